The van der Waals surface area contributed by atoms with E-state index in [-0.39, 0.29) is 64.2 Å². The van der Waals surface area contributed by atoms with E-state index in [1.807, 2.05) is 13.8 Å². The number of aromatic nitrogens is 4. The first-order chi connectivity index (χ1) is 21.6. The average molecular weight is 617 g/mol. The zero-order chi connectivity index (χ0) is 31.9. The Morgan fingerprint density at radius 1 is 1.22 bits per heavy atom. The fourth-order valence-electron chi connectivity index (χ4n) is 5.89. The second-order valence-electron chi connectivity index (χ2n) is 11.7. The number of halogens is 3. The molecule has 10 nitrogen and oxygen atoms in total. The average Bonchev–Trinajstić information content (AvgIpc) is 3.41. The summed E-state index contributed by atoms with van der Waals surface area (Å²) in [4.78, 5) is 23.7. The van der Waals surface area contributed by atoms with E-state index >= 15 is 4.39 Å². The minimum absolute atomic E-state index is 0.0493. The Balaban J connectivity index is 1.29. The number of benzene rings is 2. The number of rotatable bonds is 9. The van der Waals surface area contributed by atoms with Gasteiger partial charge in [-0.3, -0.25) is 4.79 Å². The van der Waals surface area contributed by atoms with Crippen molar-refractivity contribution in [2.75, 3.05) is 12.3 Å². The van der Waals surface area contributed by atoms with E-state index in [0.29, 0.717) is 24.0 Å². The molecule has 2 fully saturated rings. The van der Waals surface area contributed by atoms with Gasteiger partial charge in [0.15, 0.2) is 17.2 Å². The maximum Gasteiger partial charge on any atom is 0.264 e. The predicted octanol–water partition coefficient (Wildman–Crippen LogP) is 5.26. The van der Waals surface area contributed by atoms with Crippen molar-refractivity contribution >= 4 is 22.8 Å². The highest BCUT2D eigenvalue weighted by Crippen LogP contribution is 2.39. The number of hydrogen-bond donors (Lipinski definition) is 2. The number of nitriles is 1. The summed E-state index contributed by atoms with van der Waals surface area (Å²) in [5, 5.41) is 18.3. The van der Waals surface area contributed by atoms with E-state index in [4.69, 9.17) is 10.5 Å². The molecule has 4 aromatic rings. The molecular weight excluding hydrogens is 585 g/mol. The summed E-state index contributed by atoms with van der Waals surface area (Å²) >= 11 is 0. The highest BCUT2D eigenvalue weighted by Gasteiger charge is 2.42. The molecule has 3 N–H and O–H groups in total. The maximum atomic E-state index is 15.5. The molecule has 0 radical (unpaired) electrons. The Morgan fingerprint density at radius 2 is 2.02 bits per heavy atom. The number of hydrogen-bond acceptors (Lipinski definition) is 8. The van der Waals surface area contributed by atoms with Gasteiger partial charge >= 0.3 is 0 Å². The molecule has 3 heterocycles. The van der Waals surface area contributed by atoms with Gasteiger partial charge in [-0.15, -0.1) is 0 Å². The van der Waals surface area contributed by atoms with Crippen LogP contribution in [-0.4, -0.2) is 54.7 Å². The zero-order valence-corrected chi connectivity index (χ0v) is 24.7. The standard InChI is InChI=1S/C32H31F3N8O2/c1-18(2)40-32(10-11-32)14-19(15-36)31(44)42-12-4-5-20(42)16-43-30-26(29(37)38-17-39-30)28(41-43)22-9-8-21(13-24(22)34)45-25-7-3-6-23(33)27(25)35/h3,6-9,13-14,17-18,20,40H,4-5,10-12,16H2,1-2H3,(H2,37,38,39)/t20-/m1/s1. The fourth-order valence-corrected chi connectivity index (χ4v) is 5.89. The van der Waals surface area contributed by atoms with E-state index in [9.17, 15) is 18.8 Å². The van der Waals surface area contributed by atoms with Gasteiger partial charge < -0.3 is 20.7 Å². The molecule has 6 rings (SSSR count). The van der Waals surface area contributed by atoms with Crippen LogP contribution in [0.5, 0.6) is 11.5 Å². The van der Waals surface area contributed by atoms with E-state index in [1.165, 1.54) is 30.6 Å². The Morgan fingerprint density at radius 3 is 2.73 bits per heavy atom. The molecule has 1 saturated heterocycles. The Hall–Kier alpha value is -4.96. The number of carbonyl (C=O) groups excluding carboxylic acids is 1. The topological polar surface area (TPSA) is 135 Å². The third-order valence-corrected chi connectivity index (χ3v) is 8.06. The molecule has 1 atom stereocenters. The molecule has 0 spiro atoms. The SMILES string of the molecule is CC(C)NC1(C=C(C#N)C(=O)N2CCC[C@@H]2Cn2nc(-c3ccc(Oc4cccc(F)c4F)cc3F)c3c(N)ncnc32)CC1. The molecule has 13 heteroatoms. The molecule has 1 saturated carbocycles. The molecule has 1 amide bonds. The lowest BCUT2D eigenvalue weighted by molar-refractivity contribution is -0.127. The molecule has 2 aliphatic rings. The first kappa shape index (κ1) is 30.1. The number of nitrogen functional groups attached to an aromatic ring is 1. The van der Waals surface area contributed by atoms with Crippen LogP contribution in [0.15, 0.2) is 54.4 Å². The van der Waals surface area contributed by atoms with Crippen LogP contribution >= 0.6 is 0 Å². The largest absolute Gasteiger partial charge is 0.454 e. The minimum Gasteiger partial charge on any atom is -0.454 e. The van der Waals surface area contributed by atoms with Crippen molar-refractivity contribution in [2.45, 2.75) is 63.7 Å². The predicted molar refractivity (Wildman–Crippen MR) is 160 cm³/mol. The first-order valence-electron chi connectivity index (χ1n) is 14.7. The lowest BCUT2D eigenvalue weighted by Gasteiger charge is -2.25. The van der Waals surface area contributed by atoms with E-state index < -0.39 is 17.5 Å². The number of anilines is 1. The Labute approximate surface area is 257 Å². The summed E-state index contributed by atoms with van der Waals surface area (Å²) in [6.45, 7) is 4.77. The number of amides is 1. The molecule has 1 aliphatic carbocycles. The quantitative estimate of drug-likeness (QED) is 0.192. The van der Waals surface area contributed by atoms with Crippen molar-refractivity contribution in [1.29, 1.82) is 5.26 Å². The van der Waals surface area contributed by atoms with Crippen molar-refractivity contribution in [3.63, 3.8) is 0 Å². The fraction of sp³-hybridized carbons (Fsp3) is 0.344. The summed E-state index contributed by atoms with van der Waals surface area (Å²) in [6, 6.07) is 9.33. The molecule has 2 aromatic carbocycles. The third-order valence-electron chi connectivity index (χ3n) is 8.06. The normalized spacial score (nSPS) is 17.6. The molecule has 1 aliphatic heterocycles. The molecule has 232 valence electrons. The summed E-state index contributed by atoms with van der Waals surface area (Å²) in [7, 11) is 0. The van der Waals surface area contributed by atoms with Gasteiger partial charge in [0.2, 0.25) is 5.82 Å². The van der Waals surface area contributed by atoms with Crippen LogP contribution in [0.25, 0.3) is 22.3 Å². The molecule has 0 unspecified atom stereocenters. The van der Waals surface area contributed by atoms with Crippen LogP contribution in [0, 0.1) is 28.8 Å². The second kappa shape index (κ2) is 11.9. The number of ether oxygens (including phenoxy) is 1. The highest BCUT2D eigenvalue weighted by molar-refractivity contribution is 5.99. The highest BCUT2D eigenvalue weighted by atomic mass is 19.2. The molecule has 2 aromatic heterocycles. The number of carbonyl (C=O) groups is 1. The van der Waals surface area contributed by atoms with Crippen molar-refractivity contribution < 1.29 is 22.7 Å². The van der Waals surface area contributed by atoms with Crippen LogP contribution < -0.4 is 15.8 Å². The van der Waals surface area contributed by atoms with Gasteiger partial charge in [0, 0.05) is 29.8 Å². The van der Waals surface area contributed by atoms with Crippen molar-refractivity contribution in [1.82, 2.24) is 30.0 Å². The van der Waals surface area contributed by atoms with Gasteiger partial charge in [-0.1, -0.05) is 19.9 Å². The number of nitrogens with one attached hydrogen (secondary N) is 1. The molecular formula is C32H31F3N8O2. The van der Waals surface area contributed by atoms with Gasteiger partial charge in [-0.05, 0) is 56.0 Å². The monoisotopic (exact) mass is 616 g/mol. The lowest BCUT2D eigenvalue weighted by atomic mass is 10.1. The molecule has 0 bridgehead atoms. The summed E-state index contributed by atoms with van der Waals surface area (Å²) < 4.78 is 50.2. The lowest BCUT2D eigenvalue weighted by Crippen LogP contribution is -2.40. The first-order valence-corrected chi connectivity index (χ1v) is 14.7. The third kappa shape index (κ3) is 5.93. The van der Waals surface area contributed by atoms with Gasteiger partial charge in [0.25, 0.3) is 5.91 Å². The number of nitrogens with zero attached hydrogens (tertiary/aromatic N) is 6. The Kier molecular flexibility index (Phi) is 7.92. The summed E-state index contributed by atoms with van der Waals surface area (Å²) in [6.07, 6.45) is 6.19. The molecule has 45 heavy (non-hydrogen) atoms. The van der Waals surface area contributed by atoms with Crippen molar-refractivity contribution in [2.24, 2.45) is 0 Å². The van der Waals surface area contributed by atoms with Crippen LogP contribution in [0.1, 0.15) is 39.5 Å². The van der Waals surface area contributed by atoms with E-state index in [1.54, 1.807) is 15.7 Å². The summed E-state index contributed by atoms with van der Waals surface area (Å²) in [5.41, 5.74) is 6.58. The van der Waals surface area contributed by atoms with Crippen LogP contribution in [0.4, 0.5) is 19.0 Å². The number of nitrogens with two attached hydrogens (primary N) is 1. The van der Waals surface area contributed by atoms with Crippen LogP contribution in [0.2, 0.25) is 0 Å². The van der Waals surface area contributed by atoms with Crippen molar-refractivity contribution in [3.05, 3.63) is 71.8 Å². The van der Waals surface area contributed by atoms with Crippen LogP contribution in [-0.2, 0) is 11.3 Å². The van der Waals surface area contributed by atoms with Gasteiger partial charge in [-0.2, -0.15) is 14.8 Å². The summed E-state index contributed by atoms with van der Waals surface area (Å²) in [5.74, 6) is -3.70. The number of fused-ring (bicyclic) bond motifs is 1. The zero-order valence-electron chi connectivity index (χ0n) is 24.7. The van der Waals surface area contributed by atoms with Gasteiger partial charge in [0.1, 0.15) is 41.0 Å². The van der Waals surface area contributed by atoms with Crippen LogP contribution in [0.3, 0.4) is 0 Å². The van der Waals surface area contributed by atoms with Gasteiger partial charge in [0.05, 0.1) is 18.0 Å². The smallest absolute Gasteiger partial charge is 0.264 e. The minimum atomic E-state index is -1.19. The number of likely N-dealkylation sites (tertiary alicyclic amines) is 1. The van der Waals surface area contributed by atoms with E-state index in [0.717, 1.165) is 31.4 Å². The van der Waals surface area contributed by atoms with E-state index in [2.05, 4.69) is 26.5 Å². The van der Waals surface area contributed by atoms with Gasteiger partial charge in [-0.25, -0.2) is 23.4 Å². The van der Waals surface area contributed by atoms with Crippen molar-refractivity contribution in [3.8, 4) is 28.8 Å². The maximum absolute atomic E-state index is 15.5. The Bertz CT molecular complexity index is 1860. The second-order valence-corrected chi connectivity index (χ2v) is 11.7.